The Morgan fingerprint density at radius 2 is 2.06 bits per heavy atom. The van der Waals surface area contributed by atoms with Crippen LogP contribution in [0, 0.1) is 0 Å². The predicted molar refractivity (Wildman–Crippen MR) is 67.4 cm³/mol. The first kappa shape index (κ1) is 13.0. The molecule has 1 aromatic heterocycles. The number of likely N-dealkylation sites (tertiary alicyclic amines) is 1. The molecule has 1 aliphatic rings. The Bertz CT molecular complexity index is 546. The monoisotopic (exact) mass is 253 g/mol. The van der Waals surface area contributed by atoms with Crippen molar-refractivity contribution in [2.24, 2.45) is 14.1 Å². The molecule has 1 N–H and O–H groups in total. The molecular formula is C12H19N3O3. The zero-order valence-electron chi connectivity index (χ0n) is 10.8. The lowest BCUT2D eigenvalue weighted by molar-refractivity contribution is 0.151. The van der Waals surface area contributed by atoms with Crippen LogP contribution in [0.25, 0.3) is 0 Å². The van der Waals surface area contributed by atoms with Crippen molar-refractivity contribution in [3.8, 4) is 0 Å². The fourth-order valence-electron chi connectivity index (χ4n) is 2.45. The third-order valence-electron chi connectivity index (χ3n) is 3.70. The molecule has 0 saturated carbocycles. The molecule has 0 bridgehead atoms. The van der Waals surface area contributed by atoms with Crippen LogP contribution in [-0.2, 0) is 20.6 Å². The van der Waals surface area contributed by atoms with Crippen molar-refractivity contribution in [3.05, 3.63) is 32.6 Å². The first-order chi connectivity index (χ1) is 8.54. The molecule has 0 aliphatic carbocycles. The Kier molecular flexibility index (Phi) is 3.68. The van der Waals surface area contributed by atoms with E-state index in [4.69, 9.17) is 0 Å². The molecule has 0 amide bonds. The normalized spacial score (nSPS) is 20.5. The van der Waals surface area contributed by atoms with Gasteiger partial charge in [0.1, 0.15) is 0 Å². The molecule has 6 nitrogen and oxygen atoms in total. The first-order valence-electron chi connectivity index (χ1n) is 6.15. The Balaban J connectivity index is 2.30. The summed E-state index contributed by atoms with van der Waals surface area (Å²) in [6.45, 7) is 1.56. The van der Waals surface area contributed by atoms with Crippen LogP contribution in [0.5, 0.6) is 0 Å². The van der Waals surface area contributed by atoms with E-state index >= 15 is 0 Å². The van der Waals surface area contributed by atoms with Crippen LogP contribution in [0.1, 0.15) is 18.5 Å². The molecular weight excluding hydrogens is 234 g/mol. The van der Waals surface area contributed by atoms with Crippen molar-refractivity contribution in [2.45, 2.75) is 25.4 Å². The minimum atomic E-state index is -0.308. The number of hydrogen-bond donors (Lipinski definition) is 1. The first-order valence-corrected chi connectivity index (χ1v) is 6.15. The van der Waals surface area contributed by atoms with E-state index in [0.717, 1.165) is 24.0 Å². The fourth-order valence-corrected chi connectivity index (χ4v) is 2.45. The van der Waals surface area contributed by atoms with Crippen molar-refractivity contribution in [2.75, 3.05) is 13.2 Å². The van der Waals surface area contributed by atoms with Crippen molar-refractivity contribution in [1.82, 2.24) is 14.0 Å². The lowest BCUT2D eigenvalue weighted by Gasteiger charge is -2.23. The van der Waals surface area contributed by atoms with E-state index in [1.165, 1.54) is 17.7 Å². The van der Waals surface area contributed by atoms with Gasteiger partial charge in [0.05, 0.1) is 6.61 Å². The van der Waals surface area contributed by atoms with Gasteiger partial charge in [0, 0.05) is 38.4 Å². The quantitative estimate of drug-likeness (QED) is 0.753. The number of aliphatic hydroxyl groups is 1. The van der Waals surface area contributed by atoms with E-state index in [2.05, 4.69) is 4.90 Å². The standard InChI is InChI=1S/C12H19N3O3/c1-13-10(6-11(17)14(2)12(13)18)7-15-5-3-4-9(15)8-16/h6,9,16H,3-5,7-8H2,1-2H3/t9-/m1/s1. The molecule has 0 spiro atoms. The van der Waals surface area contributed by atoms with Gasteiger partial charge in [-0.1, -0.05) is 0 Å². The second-order valence-corrected chi connectivity index (χ2v) is 4.82. The summed E-state index contributed by atoms with van der Waals surface area (Å²) in [5, 5.41) is 9.26. The van der Waals surface area contributed by atoms with Gasteiger partial charge in [0.15, 0.2) is 0 Å². The molecule has 1 atom stereocenters. The molecule has 6 heteroatoms. The molecule has 1 aliphatic heterocycles. The number of aliphatic hydroxyl groups excluding tert-OH is 1. The average molecular weight is 253 g/mol. The second-order valence-electron chi connectivity index (χ2n) is 4.82. The molecule has 2 rings (SSSR count). The third kappa shape index (κ3) is 2.26. The van der Waals surface area contributed by atoms with Gasteiger partial charge in [-0.25, -0.2) is 4.79 Å². The van der Waals surface area contributed by atoms with E-state index in [9.17, 15) is 14.7 Å². The lowest BCUT2D eigenvalue weighted by Crippen LogP contribution is -2.40. The van der Waals surface area contributed by atoms with E-state index in [1.807, 2.05) is 0 Å². The molecule has 0 aromatic carbocycles. The van der Waals surface area contributed by atoms with Crippen molar-refractivity contribution < 1.29 is 5.11 Å². The SMILES string of the molecule is Cn1c(CN2CCC[C@@H]2CO)cc(=O)n(C)c1=O. The molecule has 0 radical (unpaired) electrons. The van der Waals surface area contributed by atoms with Gasteiger partial charge in [0.2, 0.25) is 0 Å². The summed E-state index contributed by atoms with van der Waals surface area (Å²) in [6, 6.07) is 1.64. The molecule has 1 fully saturated rings. The van der Waals surface area contributed by atoms with Crippen LogP contribution in [-0.4, -0.2) is 38.3 Å². The van der Waals surface area contributed by atoms with Crippen LogP contribution < -0.4 is 11.2 Å². The largest absolute Gasteiger partial charge is 0.395 e. The van der Waals surface area contributed by atoms with Gasteiger partial charge in [-0.05, 0) is 19.4 Å². The minimum Gasteiger partial charge on any atom is -0.395 e. The van der Waals surface area contributed by atoms with Crippen LogP contribution in [0.4, 0.5) is 0 Å². The van der Waals surface area contributed by atoms with Crippen molar-refractivity contribution >= 4 is 0 Å². The fraction of sp³-hybridized carbons (Fsp3) is 0.667. The van der Waals surface area contributed by atoms with Gasteiger partial charge in [0.25, 0.3) is 5.56 Å². The smallest absolute Gasteiger partial charge is 0.330 e. The minimum absolute atomic E-state index is 0.124. The van der Waals surface area contributed by atoms with Crippen molar-refractivity contribution in [3.63, 3.8) is 0 Å². The second kappa shape index (κ2) is 5.07. The molecule has 1 aromatic rings. The molecule has 2 heterocycles. The van der Waals surface area contributed by atoms with Crippen molar-refractivity contribution in [1.29, 1.82) is 0 Å². The van der Waals surface area contributed by atoms with E-state index in [1.54, 1.807) is 7.05 Å². The van der Waals surface area contributed by atoms with Gasteiger partial charge >= 0.3 is 5.69 Å². The van der Waals surface area contributed by atoms with Crippen LogP contribution >= 0.6 is 0 Å². The van der Waals surface area contributed by atoms with E-state index in [-0.39, 0.29) is 23.9 Å². The molecule has 1 saturated heterocycles. The van der Waals surface area contributed by atoms with Gasteiger partial charge < -0.3 is 5.11 Å². The highest BCUT2D eigenvalue weighted by Gasteiger charge is 2.24. The Labute approximate surface area is 105 Å². The number of nitrogens with zero attached hydrogens (tertiary/aromatic N) is 3. The molecule has 100 valence electrons. The average Bonchev–Trinajstić information content (AvgIpc) is 2.80. The number of aromatic nitrogens is 2. The summed E-state index contributed by atoms with van der Waals surface area (Å²) in [7, 11) is 3.14. The lowest BCUT2D eigenvalue weighted by atomic mass is 10.2. The predicted octanol–water partition coefficient (Wildman–Crippen LogP) is -0.959. The highest BCUT2D eigenvalue weighted by Crippen LogP contribution is 2.18. The number of hydrogen-bond acceptors (Lipinski definition) is 4. The summed E-state index contributed by atoms with van der Waals surface area (Å²) in [5.41, 5.74) is 0.105. The molecule has 0 unspecified atom stereocenters. The Hall–Kier alpha value is -1.40. The van der Waals surface area contributed by atoms with Gasteiger partial charge in [-0.15, -0.1) is 0 Å². The highest BCUT2D eigenvalue weighted by atomic mass is 16.3. The van der Waals surface area contributed by atoms with Crippen LogP contribution in [0.15, 0.2) is 15.7 Å². The van der Waals surface area contributed by atoms with E-state index < -0.39 is 0 Å². The molecule has 18 heavy (non-hydrogen) atoms. The van der Waals surface area contributed by atoms with Gasteiger partial charge in [-0.2, -0.15) is 0 Å². The summed E-state index contributed by atoms with van der Waals surface area (Å²) in [5.74, 6) is 0. The number of rotatable bonds is 3. The Morgan fingerprint density at radius 3 is 2.72 bits per heavy atom. The highest BCUT2D eigenvalue weighted by molar-refractivity contribution is 5.03. The maximum absolute atomic E-state index is 11.8. The summed E-state index contributed by atoms with van der Waals surface area (Å²) in [6.07, 6.45) is 2.01. The van der Waals surface area contributed by atoms with E-state index in [0.29, 0.717) is 12.2 Å². The van der Waals surface area contributed by atoms with Crippen LogP contribution in [0.3, 0.4) is 0 Å². The van der Waals surface area contributed by atoms with Gasteiger partial charge in [-0.3, -0.25) is 18.8 Å². The Morgan fingerprint density at radius 1 is 1.33 bits per heavy atom. The maximum Gasteiger partial charge on any atom is 0.330 e. The summed E-state index contributed by atoms with van der Waals surface area (Å²) in [4.78, 5) is 25.5. The third-order valence-corrected chi connectivity index (χ3v) is 3.70. The maximum atomic E-state index is 11.8. The zero-order chi connectivity index (χ0) is 13.3. The zero-order valence-corrected chi connectivity index (χ0v) is 10.8. The summed E-state index contributed by atoms with van der Waals surface area (Å²) >= 11 is 0. The topological polar surface area (TPSA) is 67.5 Å². The van der Waals surface area contributed by atoms with Crippen LogP contribution in [0.2, 0.25) is 0 Å². The summed E-state index contributed by atoms with van der Waals surface area (Å²) < 4.78 is 2.59.